The lowest BCUT2D eigenvalue weighted by Gasteiger charge is -2.33. The van der Waals surface area contributed by atoms with Gasteiger partial charge in [0.2, 0.25) is 0 Å². The molecule has 1 aliphatic rings. The molecule has 0 aliphatic carbocycles. The van der Waals surface area contributed by atoms with Crippen LogP contribution in [-0.2, 0) is 6.54 Å². The first-order valence-corrected chi connectivity index (χ1v) is 8.75. The molecular weight excluding hydrogens is 276 g/mol. The summed E-state index contributed by atoms with van der Waals surface area (Å²) in [5.74, 6) is 0. The first-order valence-electron chi connectivity index (χ1n) is 7.87. The van der Waals surface area contributed by atoms with Crippen molar-refractivity contribution in [2.24, 2.45) is 0 Å². The number of nitrogens with one attached hydrogen (secondary N) is 1. The van der Waals surface area contributed by atoms with Crippen LogP contribution in [0.4, 0.5) is 0 Å². The maximum atomic E-state index is 3.79. The molecule has 3 rings (SSSR count). The van der Waals surface area contributed by atoms with Crippen LogP contribution in [-0.4, -0.2) is 24.0 Å². The summed E-state index contributed by atoms with van der Waals surface area (Å²) in [6.45, 7) is 5.77. The van der Waals surface area contributed by atoms with Crippen LogP contribution >= 0.6 is 11.3 Å². The fourth-order valence-corrected chi connectivity index (χ4v) is 3.82. The molecule has 0 amide bonds. The zero-order valence-electron chi connectivity index (χ0n) is 12.7. The summed E-state index contributed by atoms with van der Waals surface area (Å²) in [6.07, 6.45) is 2.51. The van der Waals surface area contributed by atoms with Gasteiger partial charge in [0.05, 0.1) is 0 Å². The lowest BCUT2D eigenvalue weighted by atomic mass is 10.0. The highest BCUT2D eigenvalue weighted by molar-refractivity contribution is 7.10. The van der Waals surface area contributed by atoms with Crippen molar-refractivity contribution in [3.05, 3.63) is 58.3 Å². The minimum atomic E-state index is 0.482. The molecule has 1 aliphatic heterocycles. The third kappa shape index (κ3) is 4.16. The second kappa shape index (κ2) is 7.21. The second-order valence-electron chi connectivity index (χ2n) is 5.94. The fourth-order valence-electron chi connectivity index (χ4n) is 3.07. The Morgan fingerprint density at radius 3 is 2.57 bits per heavy atom. The molecule has 2 aromatic rings. The second-order valence-corrected chi connectivity index (χ2v) is 6.92. The number of hydrogen-bond acceptors (Lipinski definition) is 3. The van der Waals surface area contributed by atoms with Gasteiger partial charge in [0.1, 0.15) is 0 Å². The highest BCUT2D eigenvalue weighted by Crippen LogP contribution is 2.21. The Morgan fingerprint density at radius 1 is 1.14 bits per heavy atom. The van der Waals surface area contributed by atoms with Gasteiger partial charge in [0.15, 0.2) is 0 Å². The molecular formula is C18H24N2S. The van der Waals surface area contributed by atoms with Crippen LogP contribution in [0.1, 0.15) is 36.2 Å². The smallest absolute Gasteiger partial charge is 0.0388 e. The van der Waals surface area contributed by atoms with Gasteiger partial charge in [-0.3, -0.25) is 4.90 Å². The van der Waals surface area contributed by atoms with Gasteiger partial charge in [-0.2, -0.15) is 0 Å². The Hall–Kier alpha value is -1.16. The van der Waals surface area contributed by atoms with Gasteiger partial charge in [-0.05, 0) is 49.9 Å². The largest absolute Gasteiger partial charge is 0.307 e. The molecule has 1 saturated heterocycles. The zero-order valence-corrected chi connectivity index (χ0v) is 13.5. The van der Waals surface area contributed by atoms with Gasteiger partial charge < -0.3 is 5.32 Å². The zero-order chi connectivity index (χ0) is 14.5. The molecule has 1 unspecified atom stereocenters. The maximum absolute atomic E-state index is 3.79. The van der Waals surface area contributed by atoms with Crippen molar-refractivity contribution in [3.63, 3.8) is 0 Å². The Morgan fingerprint density at radius 2 is 1.90 bits per heavy atom. The lowest BCUT2D eigenvalue weighted by Crippen LogP contribution is -2.42. The number of thiophene rings is 1. The predicted octanol–water partition coefficient (Wildman–Crippen LogP) is 4.06. The van der Waals surface area contributed by atoms with Gasteiger partial charge in [0, 0.05) is 23.5 Å². The van der Waals surface area contributed by atoms with Gasteiger partial charge in [0.25, 0.3) is 0 Å². The summed E-state index contributed by atoms with van der Waals surface area (Å²) in [6, 6.07) is 16.3. The SMILES string of the molecule is CC(NC1CCN(Cc2ccccc2)CC1)c1cccs1. The van der Waals surface area contributed by atoms with Crippen molar-refractivity contribution >= 4 is 11.3 Å². The molecule has 2 nitrogen and oxygen atoms in total. The Labute approximate surface area is 131 Å². The third-order valence-corrected chi connectivity index (χ3v) is 5.35. The molecule has 1 N–H and O–H groups in total. The molecule has 112 valence electrons. The average Bonchev–Trinajstić information content (AvgIpc) is 3.05. The molecule has 0 bridgehead atoms. The molecule has 21 heavy (non-hydrogen) atoms. The molecule has 1 aromatic carbocycles. The minimum absolute atomic E-state index is 0.482. The van der Waals surface area contributed by atoms with Crippen LogP contribution in [0, 0.1) is 0 Å². The Balaban J connectivity index is 1.45. The number of benzene rings is 1. The van der Waals surface area contributed by atoms with E-state index in [0.29, 0.717) is 12.1 Å². The van der Waals surface area contributed by atoms with Gasteiger partial charge in [-0.15, -0.1) is 11.3 Å². The molecule has 0 radical (unpaired) electrons. The fraction of sp³-hybridized carbons (Fsp3) is 0.444. The van der Waals surface area contributed by atoms with Crippen LogP contribution < -0.4 is 5.32 Å². The van der Waals surface area contributed by atoms with E-state index in [1.54, 1.807) is 0 Å². The standard InChI is InChI=1S/C18H24N2S/c1-15(18-8-5-13-21-18)19-17-9-11-20(12-10-17)14-16-6-3-2-4-7-16/h2-8,13,15,17,19H,9-12,14H2,1H3. The maximum Gasteiger partial charge on any atom is 0.0388 e. The summed E-state index contributed by atoms with van der Waals surface area (Å²) in [5.41, 5.74) is 1.43. The normalized spacial score (nSPS) is 18.7. The van der Waals surface area contributed by atoms with Crippen LogP contribution in [0.25, 0.3) is 0 Å². The topological polar surface area (TPSA) is 15.3 Å². The monoisotopic (exact) mass is 300 g/mol. The van der Waals surface area contributed by atoms with E-state index in [0.717, 1.165) is 6.54 Å². The van der Waals surface area contributed by atoms with Crippen LogP contribution in [0.15, 0.2) is 47.8 Å². The van der Waals surface area contributed by atoms with Gasteiger partial charge in [-0.1, -0.05) is 36.4 Å². The number of nitrogens with zero attached hydrogens (tertiary/aromatic N) is 1. The van der Waals surface area contributed by atoms with Crippen molar-refractivity contribution < 1.29 is 0 Å². The Bertz CT molecular complexity index is 515. The van der Waals surface area contributed by atoms with Crippen molar-refractivity contribution in [1.82, 2.24) is 10.2 Å². The van der Waals surface area contributed by atoms with E-state index in [9.17, 15) is 0 Å². The van der Waals surface area contributed by atoms with E-state index in [2.05, 4.69) is 65.0 Å². The quantitative estimate of drug-likeness (QED) is 0.895. The van der Waals surface area contributed by atoms with Crippen molar-refractivity contribution in [3.8, 4) is 0 Å². The minimum Gasteiger partial charge on any atom is -0.307 e. The third-order valence-electron chi connectivity index (χ3n) is 4.29. The van der Waals surface area contributed by atoms with Crippen LogP contribution in [0.2, 0.25) is 0 Å². The molecule has 3 heteroatoms. The summed E-state index contributed by atoms with van der Waals surface area (Å²) in [5, 5.41) is 5.95. The van der Waals surface area contributed by atoms with Crippen molar-refractivity contribution in [2.45, 2.75) is 38.4 Å². The summed E-state index contributed by atoms with van der Waals surface area (Å²) < 4.78 is 0. The molecule has 1 fully saturated rings. The van der Waals surface area contributed by atoms with Crippen molar-refractivity contribution in [1.29, 1.82) is 0 Å². The van der Waals surface area contributed by atoms with Gasteiger partial charge in [-0.25, -0.2) is 0 Å². The number of rotatable bonds is 5. The van der Waals surface area contributed by atoms with E-state index >= 15 is 0 Å². The average molecular weight is 300 g/mol. The summed E-state index contributed by atoms with van der Waals surface area (Å²) in [4.78, 5) is 4.02. The molecule has 0 spiro atoms. The molecule has 1 atom stereocenters. The van der Waals surface area contributed by atoms with Crippen LogP contribution in [0.5, 0.6) is 0 Å². The van der Waals surface area contributed by atoms with Crippen LogP contribution in [0.3, 0.4) is 0 Å². The summed E-state index contributed by atoms with van der Waals surface area (Å²) in [7, 11) is 0. The molecule has 2 heterocycles. The number of likely N-dealkylation sites (tertiary alicyclic amines) is 1. The number of hydrogen-bond donors (Lipinski definition) is 1. The van der Waals surface area contributed by atoms with E-state index < -0.39 is 0 Å². The van der Waals surface area contributed by atoms with Gasteiger partial charge >= 0.3 is 0 Å². The Kier molecular flexibility index (Phi) is 5.07. The molecule has 0 saturated carbocycles. The highest BCUT2D eigenvalue weighted by Gasteiger charge is 2.21. The summed E-state index contributed by atoms with van der Waals surface area (Å²) >= 11 is 1.85. The predicted molar refractivity (Wildman–Crippen MR) is 90.6 cm³/mol. The lowest BCUT2D eigenvalue weighted by molar-refractivity contribution is 0.185. The highest BCUT2D eigenvalue weighted by atomic mass is 32.1. The van der Waals surface area contributed by atoms with Crippen molar-refractivity contribution in [2.75, 3.05) is 13.1 Å². The first kappa shape index (κ1) is 14.8. The van der Waals surface area contributed by atoms with E-state index in [4.69, 9.17) is 0 Å². The van der Waals surface area contributed by atoms with E-state index in [1.807, 2.05) is 11.3 Å². The van der Waals surface area contributed by atoms with E-state index in [-0.39, 0.29) is 0 Å². The first-order chi connectivity index (χ1) is 10.3. The molecule has 1 aromatic heterocycles. The number of piperidine rings is 1. The van der Waals surface area contributed by atoms with E-state index in [1.165, 1.54) is 36.4 Å².